The van der Waals surface area contributed by atoms with Gasteiger partial charge in [0.1, 0.15) is 0 Å². The molecule has 188 valence electrons. The van der Waals surface area contributed by atoms with Crippen molar-refractivity contribution in [1.82, 2.24) is 10.2 Å². The highest BCUT2D eigenvalue weighted by atomic mass is 32.2. The molecule has 3 aromatic rings. The lowest BCUT2D eigenvalue weighted by molar-refractivity contribution is -0.137. The van der Waals surface area contributed by atoms with E-state index in [1.54, 1.807) is 24.3 Å². The van der Waals surface area contributed by atoms with Crippen LogP contribution in [-0.4, -0.2) is 44.5 Å². The summed E-state index contributed by atoms with van der Waals surface area (Å²) in [7, 11) is -3.27. The van der Waals surface area contributed by atoms with Crippen molar-refractivity contribution in [3.05, 3.63) is 102 Å². The topological polar surface area (TPSA) is 83.6 Å². The molecule has 0 saturated carbocycles. The second-order valence-electron chi connectivity index (χ2n) is 9.41. The van der Waals surface area contributed by atoms with Gasteiger partial charge in [0.2, 0.25) is 11.8 Å². The Morgan fingerprint density at radius 1 is 0.833 bits per heavy atom. The number of nitrogens with zero attached hydrogens (tertiary/aromatic N) is 1. The van der Waals surface area contributed by atoms with Crippen molar-refractivity contribution < 1.29 is 18.0 Å². The molecule has 1 fully saturated rings. The Hall–Kier alpha value is -3.45. The molecule has 1 N–H and O–H groups in total. The van der Waals surface area contributed by atoms with Gasteiger partial charge in [0, 0.05) is 32.3 Å². The molecule has 7 heteroatoms. The van der Waals surface area contributed by atoms with Crippen LogP contribution in [0.2, 0.25) is 0 Å². The van der Waals surface area contributed by atoms with E-state index in [1.807, 2.05) is 65.6 Å². The largest absolute Gasteiger partial charge is 0.351 e. The van der Waals surface area contributed by atoms with Gasteiger partial charge in [0.15, 0.2) is 9.84 Å². The normalized spacial score (nSPS) is 15.3. The maximum atomic E-state index is 13.6. The van der Waals surface area contributed by atoms with Gasteiger partial charge in [0.25, 0.3) is 0 Å². The van der Waals surface area contributed by atoms with Gasteiger partial charge in [-0.15, -0.1) is 0 Å². The zero-order chi connectivity index (χ0) is 25.6. The first kappa shape index (κ1) is 25.6. The molecule has 4 rings (SSSR count). The average Bonchev–Trinajstić information content (AvgIpc) is 2.91. The SMILES string of the molecule is CS(=O)(=O)c1ccc(CNC(=O)C2(c3ccccc3)CCN(C(=O)CCc3ccccc3)CC2)cc1. The Morgan fingerprint density at radius 2 is 1.42 bits per heavy atom. The molecule has 1 aliphatic heterocycles. The van der Waals surface area contributed by atoms with Gasteiger partial charge < -0.3 is 10.2 Å². The second kappa shape index (κ2) is 11.1. The highest BCUT2D eigenvalue weighted by Gasteiger charge is 2.43. The van der Waals surface area contributed by atoms with E-state index in [0.717, 1.165) is 16.7 Å². The average molecular weight is 505 g/mol. The number of amides is 2. The van der Waals surface area contributed by atoms with E-state index < -0.39 is 15.3 Å². The molecule has 6 nitrogen and oxygen atoms in total. The van der Waals surface area contributed by atoms with Crippen LogP contribution >= 0.6 is 0 Å². The van der Waals surface area contributed by atoms with Crippen LogP contribution in [0.4, 0.5) is 0 Å². The van der Waals surface area contributed by atoms with Gasteiger partial charge in [-0.2, -0.15) is 0 Å². The molecule has 1 aliphatic rings. The summed E-state index contributed by atoms with van der Waals surface area (Å²) in [5.74, 6) is 0.0455. The molecule has 36 heavy (non-hydrogen) atoms. The van der Waals surface area contributed by atoms with Gasteiger partial charge >= 0.3 is 0 Å². The zero-order valence-corrected chi connectivity index (χ0v) is 21.3. The maximum Gasteiger partial charge on any atom is 0.231 e. The minimum atomic E-state index is -3.27. The zero-order valence-electron chi connectivity index (χ0n) is 20.5. The first-order chi connectivity index (χ1) is 17.3. The lowest BCUT2D eigenvalue weighted by Gasteiger charge is -2.41. The van der Waals surface area contributed by atoms with Crippen LogP contribution in [0, 0.1) is 0 Å². The van der Waals surface area contributed by atoms with Crippen LogP contribution in [-0.2, 0) is 37.8 Å². The monoisotopic (exact) mass is 504 g/mol. The number of sulfone groups is 1. The molecule has 0 spiro atoms. The fourth-order valence-corrected chi connectivity index (χ4v) is 5.43. The van der Waals surface area contributed by atoms with Crippen LogP contribution in [0.1, 0.15) is 36.0 Å². The predicted molar refractivity (Wildman–Crippen MR) is 140 cm³/mol. The smallest absolute Gasteiger partial charge is 0.231 e. The number of piperidine rings is 1. The van der Waals surface area contributed by atoms with E-state index in [-0.39, 0.29) is 16.7 Å². The van der Waals surface area contributed by atoms with Crippen LogP contribution in [0.5, 0.6) is 0 Å². The lowest BCUT2D eigenvalue weighted by atomic mass is 9.72. The Labute approximate surface area is 213 Å². The summed E-state index contributed by atoms with van der Waals surface area (Å²) in [4.78, 5) is 28.6. The van der Waals surface area contributed by atoms with Crippen LogP contribution in [0.3, 0.4) is 0 Å². The van der Waals surface area contributed by atoms with Crippen molar-refractivity contribution in [1.29, 1.82) is 0 Å². The number of nitrogens with one attached hydrogen (secondary N) is 1. The summed E-state index contributed by atoms with van der Waals surface area (Å²) in [5.41, 5.74) is 2.20. The van der Waals surface area contributed by atoms with Gasteiger partial charge in [-0.25, -0.2) is 8.42 Å². The third-order valence-electron chi connectivity index (χ3n) is 7.01. The first-order valence-electron chi connectivity index (χ1n) is 12.2. The molecule has 3 aromatic carbocycles. The van der Waals surface area contributed by atoms with E-state index in [0.29, 0.717) is 45.3 Å². The molecule has 0 aliphatic carbocycles. The predicted octanol–water partition coefficient (Wildman–Crippen LogP) is 3.90. The van der Waals surface area contributed by atoms with Crippen molar-refractivity contribution in [2.45, 2.75) is 42.5 Å². The molecule has 1 heterocycles. The minimum absolute atomic E-state index is 0.0720. The molecule has 0 aromatic heterocycles. The molecule has 2 amide bonds. The number of likely N-dealkylation sites (tertiary alicyclic amines) is 1. The highest BCUT2D eigenvalue weighted by Crippen LogP contribution is 2.36. The Bertz CT molecular complexity index is 1280. The van der Waals surface area contributed by atoms with Crippen LogP contribution in [0.15, 0.2) is 89.8 Å². The number of aryl methyl sites for hydroxylation is 1. The number of hydrogen-bond donors (Lipinski definition) is 1. The summed E-state index contributed by atoms with van der Waals surface area (Å²) >= 11 is 0. The van der Waals surface area contributed by atoms with E-state index in [2.05, 4.69) is 5.32 Å². The first-order valence-corrected chi connectivity index (χ1v) is 14.1. The van der Waals surface area contributed by atoms with E-state index in [4.69, 9.17) is 0 Å². The quantitative estimate of drug-likeness (QED) is 0.504. The van der Waals surface area contributed by atoms with Gasteiger partial charge in [-0.05, 0) is 48.1 Å². The van der Waals surface area contributed by atoms with Crippen molar-refractivity contribution >= 4 is 21.7 Å². The van der Waals surface area contributed by atoms with Gasteiger partial charge in [-0.1, -0.05) is 72.8 Å². The van der Waals surface area contributed by atoms with Crippen LogP contribution in [0.25, 0.3) is 0 Å². The number of benzene rings is 3. The molecule has 0 unspecified atom stereocenters. The molecular weight excluding hydrogens is 472 g/mol. The van der Waals surface area contributed by atoms with E-state index >= 15 is 0 Å². The van der Waals surface area contributed by atoms with Gasteiger partial charge in [0.05, 0.1) is 10.3 Å². The molecule has 0 atom stereocenters. The van der Waals surface area contributed by atoms with Crippen molar-refractivity contribution in [2.75, 3.05) is 19.3 Å². The summed E-state index contributed by atoms with van der Waals surface area (Å²) in [6.45, 7) is 1.36. The Balaban J connectivity index is 1.42. The van der Waals surface area contributed by atoms with Crippen molar-refractivity contribution in [3.8, 4) is 0 Å². The molecule has 0 radical (unpaired) electrons. The summed E-state index contributed by atoms with van der Waals surface area (Å²) in [5, 5.41) is 3.07. The fraction of sp³-hybridized carbons (Fsp3) is 0.310. The van der Waals surface area contributed by atoms with Crippen molar-refractivity contribution in [2.24, 2.45) is 0 Å². The standard InChI is InChI=1S/C29H32N2O4S/c1-36(34,35)26-15-12-24(13-16-26)22-30-28(33)29(25-10-6-3-7-11-25)18-20-31(21-19-29)27(32)17-14-23-8-4-2-5-9-23/h2-13,15-16H,14,17-22H2,1H3,(H,30,33). The molecule has 1 saturated heterocycles. The number of carbonyl (C=O) groups excluding carboxylic acids is 2. The third-order valence-corrected chi connectivity index (χ3v) is 8.13. The summed E-state index contributed by atoms with van der Waals surface area (Å²) in [6.07, 6.45) is 3.43. The number of hydrogen-bond acceptors (Lipinski definition) is 4. The third kappa shape index (κ3) is 6.02. The van der Waals surface area contributed by atoms with Crippen LogP contribution < -0.4 is 5.32 Å². The minimum Gasteiger partial charge on any atom is -0.351 e. The fourth-order valence-electron chi connectivity index (χ4n) is 4.80. The Morgan fingerprint density at radius 3 is 2.00 bits per heavy atom. The lowest BCUT2D eigenvalue weighted by Crippen LogP contribution is -2.52. The molecule has 0 bridgehead atoms. The highest BCUT2D eigenvalue weighted by molar-refractivity contribution is 7.90. The molecular formula is C29H32N2O4S. The summed E-state index contributed by atoms with van der Waals surface area (Å²) in [6, 6.07) is 26.3. The Kier molecular flexibility index (Phi) is 7.89. The van der Waals surface area contributed by atoms with Gasteiger partial charge in [-0.3, -0.25) is 9.59 Å². The number of rotatable bonds is 8. The van der Waals surface area contributed by atoms with E-state index in [1.165, 1.54) is 6.26 Å². The maximum absolute atomic E-state index is 13.6. The summed E-state index contributed by atoms with van der Waals surface area (Å²) < 4.78 is 23.4. The van der Waals surface area contributed by atoms with Crippen molar-refractivity contribution in [3.63, 3.8) is 0 Å². The van der Waals surface area contributed by atoms with E-state index in [9.17, 15) is 18.0 Å². The second-order valence-corrected chi connectivity index (χ2v) is 11.4. The number of carbonyl (C=O) groups is 2.